The van der Waals surface area contributed by atoms with Crippen molar-refractivity contribution in [3.8, 4) is 0 Å². The van der Waals surface area contributed by atoms with Gasteiger partial charge in [0.05, 0.1) is 5.41 Å². The van der Waals surface area contributed by atoms with E-state index in [9.17, 15) is 9.59 Å². The quantitative estimate of drug-likeness (QED) is 0.719. The minimum absolute atomic E-state index is 0.0637. The van der Waals surface area contributed by atoms with Gasteiger partial charge in [-0.2, -0.15) is 0 Å². The molecule has 0 bridgehead atoms. The molecule has 1 fully saturated rings. The zero-order valence-electron chi connectivity index (χ0n) is 10.7. The molecule has 1 aliphatic rings. The van der Waals surface area contributed by atoms with E-state index in [2.05, 4.69) is 10.2 Å². The smallest absolute Gasteiger partial charge is 0.310 e. The van der Waals surface area contributed by atoms with Gasteiger partial charge in [-0.25, -0.2) is 0 Å². The predicted octanol–water partition coefficient (Wildman–Crippen LogP) is 0.699. The van der Waals surface area contributed by atoms with E-state index >= 15 is 0 Å². The minimum Gasteiger partial charge on any atom is -0.481 e. The molecule has 0 aromatic rings. The van der Waals surface area contributed by atoms with Gasteiger partial charge in [-0.05, 0) is 39.8 Å². The molecule has 1 amide bonds. The van der Waals surface area contributed by atoms with Crippen molar-refractivity contribution in [2.24, 2.45) is 5.41 Å². The van der Waals surface area contributed by atoms with Crippen LogP contribution in [0.15, 0.2) is 0 Å². The zero-order chi connectivity index (χ0) is 12.9. The molecule has 2 N–H and O–H groups in total. The van der Waals surface area contributed by atoms with E-state index in [0.717, 1.165) is 19.6 Å². The van der Waals surface area contributed by atoms with Crippen molar-refractivity contribution >= 4 is 11.9 Å². The molecule has 1 saturated heterocycles. The normalized spacial score (nSPS) is 17.1. The maximum Gasteiger partial charge on any atom is 0.310 e. The highest BCUT2D eigenvalue weighted by Crippen LogP contribution is 2.13. The summed E-state index contributed by atoms with van der Waals surface area (Å²) < 4.78 is 0. The summed E-state index contributed by atoms with van der Waals surface area (Å²) in [7, 11) is 0. The molecule has 0 spiro atoms. The molecule has 0 unspecified atom stereocenters. The van der Waals surface area contributed by atoms with E-state index in [-0.39, 0.29) is 12.5 Å². The fourth-order valence-electron chi connectivity index (χ4n) is 1.75. The van der Waals surface area contributed by atoms with Gasteiger partial charge in [0, 0.05) is 19.5 Å². The van der Waals surface area contributed by atoms with Crippen molar-refractivity contribution in [2.75, 3.05) is 26.2 Å². The molecule has 0 aliphatic carbocycles. The molecule has 98 valence electrons. The van der Waals surface area contributed by atoms with Gasteiger partial charge in [-0.1, -0.05) is 0 Å². The molecule has 0 aromatic carbocycles. The van der Waals surface area contributed by atoms with Gasteiger partial charge in [0.25, 0.3) is 0 Å². The van der Waals surface area contributed by atoms with E-state index in [4.69, 9.17) is 5.11 Å². The van der Waals surface area contributed by atoms with Crippen LogP contribution in [0.4, 0.5) is 0 Å². The number of hydrogen-bond acceptors (Lipinski definition) is 3. The molecule has 5 nitrogen and oxygen atoms in total. The summed E-state index contributed by atoms with van der Waals surface area (Å²) in [4.78, 5) is 24.6. The van der Waals surface area contributed by atoms with Crippen LogP contribution < -0.4 is 5.32 Å². The first-order valence-corrected chi connectivity index (χ1v) is 6.14. The summed E-state index contributed by atoms with van der Waals surface area (Å²) in [6, 6.07) is 0. The molecule has 17 heavy (non-hydrogen) atoms. The van der Waals surface area contributed by atoms with Crippen LogP contribution in [0.3, 0.4) is 0 Å². The third-order valence-corrected chi connectivity index (χ3v) is 3.16. The summed E-state index contributed by atoms with van der Waals surface area (Å²) in [5.41, 5.74) is -0.899. The van der Waals surface area contributed by atoms with Crippen LogP contribution in [0.25, 0.3) is 0 Å². The first-order chi connectivity index (χ1) is 7.92. The number of amides is 1. The molecule has 0 atom stereocenters. The zero-order valence-corrected chi connectivity index (χ0v) is 10.7. The van der Waals surface area contributed by atoms with Crippen LogP contribution in [0.2, 0.25) is 0 Å². The monoisotopic (exact) mass is 242 g/mol. The van der Waals surface area contributed by atoms with Gasteiger partial charge in [0.15, 0.2) is 0 Å². The van der Waals surface area contributed by atoms with Crippen molar-refractivity contribution < 1.29 is 14.7 Å². The molecule has 1 heterocycles. The Morgan fingerprint density at radius 3 is 2.41 bits per heavy atom. The van der Waals surface area contributed by atoms with Crippen molar-refractivity contribution in [2.45, 2.75) is 33.1 Å². The number of nitrogens with zero attached hydrogens (tertiary/aromatic N) is 1. The predicted molar refractivity (Wildman–Crippen MR) is 64.7 cm³/mol. The Labute approximate surface area is 102 Å². The van der Waals surface area contributed by atoms with Crippen molar-refractivity contribution in [3.05, 3.63) is 0 Å². The number of carbonyl (C=O) groups is 2. The molecule has 5 heteroatoms. The van der Waals surface area contributed by atoms with Crippen LogP contribution in [-0.2, 0) is 9.59 Å². The lowest BCUT2D eigenvalue weighted by molar-refractivity contribution is -0.146. The molecule has 0 radical (unpaired) electrons. The van der Waals surface area contributed by atoms with E-state index in [1.54, 1.807) is 13.8 Å². The van der Waals surface area contributed by atoms with Crippen molar-refractivity contribution in [1.82, 2.24) is 10.2 Å². The standard InChI is InChI=1S/C12H22N2O3/c1-12(2,11(16)17)9-13-10(15)5-8-14-6-3-4-7-14/h3-9H2,1-2H3,(H,13,15)(H,16,17). The van der Waals surface area contributed by atoms with Crippen molar-refractivity contribution in [3.63, 3.8) is 0 Å². The Morgan fingerprint density at radius 1 is 1.29 bits per heavy atom. The number of hydrogen-bond donors (Lipinski definition) is 2. The maximum absolute atomic E-state index is 11.5. The Balaban J connectivity index is 2.18. The van der Waals surface area contributed by atoms with Crippen LogP contribution in [0.1, 0.15) is 33.1 Å². The lowest BCUT2D eigenvalue weighted by Gasteiger charge is -2.20. The third-order valence-electron chi connectivity index (χ3n) is 3.16. The second-order valence-electron chi connectivity index (χ2n) is 5.26. The molecular weight excluding hydrogens is 220 g/mol. The largest absolute Gasteiger partial charge is 0.481 e. The fourth-order valence-corrected chi connectivity index (χ4v) is 1.75. The summed E-state index contributed by atoms with van der Waals surface area (Å²) >= 11 is 0. The van der Waals surface area contributed by atoms with E-state index in [1.807, 2.05) is 0 Å². The summed E-state index contributed by atoms with van der Waals surface area (Å²) in [6.07, 6.45) is 2.89. The van der Waals surface area contributed by atoms with E-state index in [1.165, 1.54) is 12.8 Å². The second-order valence-corrected chi connectivity index (χ2v) is 5.26. The summed E-state index contributed by atoms with van der Waals surface area (Å²) in [6.45, 7) is 6.33. The average Bonchev–Trinajstić information content (AvgIpc) is 2.76. The number of nitrogens with one attached hydrogen (secondary N) is 1. The van der Waals surface area contributed by atoms with Gasteiger partial charge >= 0.3 is 5.97 Å². The summed E-state index contributed by atoms with van der Waals surface area (Å²) in [5, 5.41) is 11.6. The van der Waals surface area contributed by atoms with Crippen LogP contribution in [0, 0.1) is 5.41 Å². The SMILES string of the molecule is CC(C)(CNC(=O)CCN1CCCC1)C(=O)O. The molecule has 0 saturated carbocycles. The minimum atomic E-state index is -0.899. The number of aliphatic carboxylic acids is 1. The Bertz CT molecular complexity index is 283. The first kappa shape index (κ1) is 14.0. The highest BCUT2D eigenvalue weighted by Gasteiger charge is 2.27. The number of carboxylic acids is 1. The first-order valence-electron chi connectivity index (χ1n) is 6.14. The Morgan fingerprint density at radius 2 is 1.88 bits per heavy atom. The summed E-state index contributed by atoms with van der Waals surface area (Å²) in [5.74, 6) is -0.955. The Hall–Kier alpha value is -1.10. The lowest BCUT2D eigenvalue weighted by Crippen LogP contribution is -2.39. The average molecular weight is 242 g/mol. The third kappa shape index (κ3) is 4.73. The van der Waals surface area contributed by atoms with E-state index < -0.39 is 11.4 Å². The van der Waals surface area contributed by atoms with Gasteiger partial charge < -0.3 is 15.3 Å². The molecule has 1 rings (SSSR count). The number of rotatable bonds is 6. The second kappa shape index (κ2) is 6.00. The fraction of sp³-hybridized carbons (Fsp3) is 0.833. The van der Waals surface area contributed by atoms with E-state index in [0.29, 0.717) is 6.42 Å². The number of likely N-dealkylation sites (tertiary alicyclic amines) is 1. The number of carboxylic acid groups (broad SMARTS) is 1. The highest BCUT2D eigenvalue weighted by molar-refractivity contribution is 5.78. The van der Waals surface area contributed by atoms with Crippen molar-refractivity contribution in [1.29, 1.82) is 0 Å². The van der Waals surface area contributed by atoms with Crippen LogP contribution in [0.5, 0.6) is 0 Å². The molecule has 1 aliphatic heterocycles. The van der Waals surface area contributed by atoms with Crippen LogP contribution >= 0.6 is 0 Å². The molecule has 0 aromatic heterocycles. The van der Waals surface area contributed by atoms with Gasteiger partial charge in [0.1, 0.15) is 0 Å². The maximum atomic E-state index is 11.5. The number of carbonyl (C=O) groups excluding carboxylic acids is 1. The molecular formula is C12H22N2O3. The topological polar surface area (TPSA) is 69.6 Å². The van der Waals surface area contributed by atoms with Crippen LogP contribution in [-0.4, -0.2) is 48.1 Å². The lowest BCUT2D eigenvalue weighted by atomic mass is 9.94. The van der Waals surface area contributed by atoms with Gasteiger partial charge in [-0.3, -0.25) is 9.59 Å². The Kier molecular flexibility index (Phi) is 4.93. The van der Waals surface area contributed by atoms with Gasteiger partial charge in [0.2, 0.25) is 5.91 Å². The highest BCUT2D eigenvalue weighted by atomic mass is 16.4. The van der Waals surface area contributed by atoms with Gasteiger partial charge in [-0.15, -0.1) is 0 Å².